The highest BCUT2D eigenvalue weighted by atomic mass is 79.9. The Kier molecular flexibility index (Phi) is 8.82. The Morgan fingerprint density at radius 1 is 1.03 bits per heavy atom. The summed E-state index contributed by atoms with van der Waals surface area (Å²) in [5.74, 6) is -0.221. The van der Waals surface area contributed by atoms with E-state index in [4.69, 9.17) is 4.74 Å². The van der Waals surface area contributed by atoms with Crippen molar-refractivity contribution in [3.05, 3.63) is 52.5 Å². The second-order valence-electron chi connectivity index (χ2n) is 7.96. The summed E-state index contributed by atoms with van der Waals surface area (Å²) in [6, 6.07) is 11.2. The van der Waals surface area contributed by atoms with Gasteiger partial charge in [-0.25, -0.2) is 13.1 Å². The third kappa shape index (κ3) is 7.32. The van der Waals surface area contributed by atoms with Crippen molar-refractivity contribution in [2.75, 3.05) is 25.0 Å². The van der Waals surface area contributed by atoms with Crippen LogP contribution in [0.25, 0.3) is 0 Å². The molecule has 0 radical (unpaired) electrons. The van der Waals surface area contributed by atoms with Crippen molar-refractivity contribution in [1.29, 1.82) is 0 Å². The van der Waals surface area contributed by atoms with Crippen molar-refractivity contribution in [1.82, 2.24) is 10.0 Å². The van der Waals surface area contributed by atoms with E-state index in [0.717, 1.165) is 0 Å². The first-order chi connectivity index (χ1) is 14.9. The maximum Gasteiger partial charge on any atom is 0.251 e. The zero-order valence-electron chi connectivity index (χ0n) is 18.5. The van der Waals surface area contributed by atoms with Gasteiger partial charge in [0.15, 0.2) is 0 Å². The summed E-state index contributed by atoms with van der Waals surface area (Å²) in [4.78, 5) is 24.4. The molecule has 0 aliphatic rings. The number of carbonyl (C=O) groups is 2. The normalized spacial score (nSPS) is 11.7. The molecule has 0 heterocycles. The Bertz CT molecular complexity index is 1060. The number of halogens is 1. The van der Waals surface area contributed by atoms with E-state index < -0.39 is 15.4 Å². The van der Waals surface area contributed by atoms with Crippen LogP contribution >= 0.6 is 15.9 Å². The summed E-state index contributed by atoms with van der Waals surface area (Å²) < 4.78 is 33.7. The van der Waals surface area contributed by atoms with Crippen LogP contribution in [-0.2, 0) is 14.8 Å². The third-order valence-corrected chi connectivity index (χ3v) is 6.26. The molecule has 2 rings (SSSR count). The molecule has 174 valence electrons. The van der Waals surface area contributed by atoms with Gasteiger partial charge in [0.25, 0.3) is 5.91 Å². The van der Waals surface area contributed by atoms with Gasteiger partial charge >= 0.3 is 0 Å². The quantitative estimate of drug-likeness (QED) is 0.433. The molecule has 0 bridgehead atoms. The van der Waals surface area contributed by atoms with Gasteiger partial charge in [-0.2, -0.15) is 0 Å². The fourth-order valence-corrected chi connectivity index (χ4v) is 4.24. The SMILES string of the molecule is CCOc1ccc(Br)cc1S(=O)(=O)NCCNC(=O)c1ccc(NC(=O)C(C)(C)C)cc1. The molecular formula is C22H28BrN3O5S. The smallest absolute Gasteiger partial charge is 0.251 e. The van der Waals surface area contributed by atoms with Gasteiger partial charge in [-0.3, -0.25) is 9.59 Å². The number of hydrogen-bond acceptors (Lipinski definition) is 5. The molecule has 32 heavy (non-hydrogen) atoms. The van der Waals surface area contributed by atoms with Crippen LogP contribution in [0.5, 0.6) is 5.75 Å². The van der Waals surface area contributed by atoms with Crippen LogP contribution in [0.4, 0.5) is 5.69 Å². The number of carbonyl (C=O) groups excluding carboxylic acids is 2. The first-order valence-corrected chi connectivity index (χ1v) is 12.3. The lowest BCUT2D eigenvalue weighted by atomic mass is 9.95. The lowest BCUT2D eigenvalue weighted by molar-refractivity contribution is -0.123. The van der Waals surface area contributed by atoms with Crippen molar-refractivity contribution in [3.8, 4) is 5.75 Å². The van der Waals surface area contributed by atoms with E-state index in [0.29, 0.717) is 22.3 Å². The molecule has 0 fully saturated rings. The summed E-state index contributed by atoms with van der Waals surface area (Å²) in [5.41, 5.74) is 0.462. The lowest BCUT2D eigenvalue weighted by Gasteiger charge is -2.17. The number of hydrogen-bond donors (Lipinski definition) is 3. The van der Waals surface area contributed by atoms with Crippen LogP contribution in [0.2, 0.25) is 0 Å². The molecule has 0 unspecified atom stereocenters. The van der Waals surface area contributed by atoms with Crippen LogP contribution in [0.15, 0.2) is 51.8 Å². The topological polar surface area (TPSA) is 114 Å². The average molecular weight is 526 g/mol. The van der Waals surface area contributed by atoms with Gasteiger partial charge in [0.2, 0.25) is 15.9 Å². The molecule has 0 aliphatic heterocycles. The zero-order chi connectivity index (χ0) is 23.9. The Morgan fingerprint density at radius 2 is 1.69 bits per heavy atom. The molecule has 2 aromatic carbocycles. The largest absolute Gasteiger partial charge is 0.492 e. The number of benzene rings is 2. The van der Waals surface area contributed by atoms with E-state index in [-0.39, 0.29) is 35.5 Å². The van der Waals surface area contributed by atoms with Crippen LogP contribution in [-0.4, -0.2) is 39.9 Å². The number of anilines is 1. The fraction of sp³-hybridized carbons (Fsp3) is 0.364. The van der Waals surface area contributed by atoms with Gasteiger partial charge in [0, 0.05) is 34.2 Å². The molecule has 0 saturated carbocycles. The highest BCUT2D eigenvalue weighted by Gasteiger charge is 2.21. The van der Waals surface area contributed by atoms with Crippen LogP contribution in [0.1, 0.15) is 38.1 Å². The molecule has 0 spiro atoms. The summed E-state index contributed by atoms with van der Waals surface area (Å²) in [6.45, 7) is 7.64. The summed E-state index contributed by atoms with van der Waals surface area (Å²) in [7, 11) is -3.82. The minimum Gasteiger partial charge on any atom is -0.492 e. The Hall–Kier alpha value is -2.43. The standard InChI is InChI=1S/C22H28BrN3O5S/c1-5-31-18-11-8-16(23)14-19(18)32(29,30)25-13-12-24-20(27)15-6-9-17(10-7-15)26-21(28)22(2,3)4/h6-11,14,25H,5,12-13H2,1-4H3,(H,24,27)(H,26,28). The van der Waals surface area contributed by atoms with Crippen LogP contribution in [0.3, 0.4) is 0 Å². The number of sulfonamides is 1. The third-order valence-electron chi connectivity index (χ3n) is 4.28. The van der Waals surface area contributed by atoms with Crippen molar-refractivity contribution in [2.24, 2.45) is 5.41 Å². The molecule has 3 N–H and O–H groups in total. The van der Waals surface area contributed by atoms with Crippen LogP contribution < -0.4 is 20.1 Å². The van der Waals surface area contributed by atoms with Gasteiger partial charge in [-0.15, -0.1) is 0 Å². The predicted molar refractivity (Wildman–Crippen MR) is 127 cm³/mol. The zero-order valence-corrected chi connectivity index (χ0v) is 20.9. The molecule has 0 aromatic heterocycles. The average Bonchev–Trinajstić information content (AvgIpc) is 2.72. The van der Waals surface area contributed by atoms with Crippen molar-refractivity contribution < 1.29 is 22.7 Å². The maximum absolute atomic E-state index is 12.6. The van der Waals surface area contributed by atoms with Crippen LogP contribution in [0, 0.1) is 5.41 Å². The number of rotatable bonds is 9. The molecule has 10 heteroatoms. The molecular weight excluding hydrogens is 498 g/mol. The number of ether oxygens (including phenoxy) is 1. The van der Waals surface area contributed by atoms with Crippen molar-refractivity contribution in [2.45, 2.75) is 32.6 Å². The molecule has 2 aromatic rings. The lowest BCUT2D eigenvalue weighted by Crippen LogP contribution is -2.34. The van der Waals surface area contributed by atoms with Gasteiger partial charge in [0.1, 0.15) is 10.6 Å². The first kappa shape index (κ1) is 25.8. The molecule has 0 atom stereocenters. The Balaban J connectivity index is 1.91. The first-order valence-electron chi connectivity index (χ1n) is 10.1. The van der Waals surface area contributed by atoms with E-state index in [1.165, 1.54) is 6.07 Å². The molecule has 8 nitrogen and oxygen atoms in total. The second-order valence-corrected chi connectivity index (χ2v) is 10.6. The van der Waals surface area contributed by atoms with Gasteiger partial charge in [0.05, 0.1) is 6.61 Å². The van der Waals surface area contributed by atoms with Gasteiger partial charge in [-0.1, -0.05) is 36.7 Å². The highest BCUT2D eigenvalue weighted by molar-refractivity contribution is 9.10. The number of amides is 2. The second kappa shape index (κ2) is 10.9. The molecule has 0 aliphatic carbocycles. The summed E-state index contributed by atoms with van der Waals surface area (Å²) in [6.07, 6.45) is 0. The Labute approximate surface area is 197 Å². The molecule has 0 saturated heterocycles. The summed E-state index contributed by atoms with van der Waals surface area (Å²) in [5, 5.41) is 5.45. The van der Waals surface area contributed by atoms with E-state index in [1.807, 2.05) is 20.8 Å². The maximum atomic E-state index is 12.6. The van der Waals surface area contributed by atoms with Gasteiger partial charge in [-0.05, 0) is 49.4 Å². The van der Waals surface area contributed by atoms with Gasteiger partial charge < -0.3 is 15.4 Å². The molecule has 2 amide bonds. The van der Waals surface area contributed by atoms with E-state index in [9.17, 15) is 18.0 Å². The highest BCUT2D eigenvalue weighted by Crippen LogP contribution is 2.27. The fourth-order valence-electron chi connectivity index (χ4n) is 2.53. The minimum atomic E-state index is -3.82. The van der Waals surface area contributed by atoms with E-state index >= 15 is 0 Å². The predicted octanol–water partition coefficient (Wildman–Crippen LogP) is 3.54. The van der Waals surface area contributed by atoms with E-state index in [2.05, 4.69) is 31.3 Å². The number of nitrogens with one attached hydrogen (secondary N) is 3. The van der Waals surface area contributed by atoms with E-state index in [1.54, 1.807) is 43.3 Å². The van der Waals surface area contributed by atoms with Crippen molar-refractivity contribution in [3.63, 3.8) is 0 Å². The minimum absolute atomic E-state index is 0.00583. The summed E-state index contributed by atoms with van der Waals surface area (Å²) >= 11 is 3.27. The van der Waals surface area contributed by atoms with Crippen molar-refractivity contribution >= 4 is 43.5 Å². The Morgan fingerprint density at radius 3 is 2.28 bits per heavy atom. The monoisotopic (exact) mass is 525 g/mol.